The van der Waals surface area contributed by atoms with Gasteiger partial charge in [0.2, 0.25) is 5.91 Å². The van der Waals surface area contributed by atoms with Crippen molar-refractivity contribution in [2.75, 3.05) is 6.54 Å². The highest BCUT2D eigenvalue weighted by molar-refractivity contribution is 5.77. The second kappa shape index (κ2) is 11.3. The number of benzene rings is 3. The van der Waals surface area contributed by atoms with E-state index in [-0.39, 0.29) is 17.7 Å². The third-order valence-corrected chi connectivity index (χ3v) is 7.17. The molecule has 5 rings (SSSR count). The standard InChI is InChI=1S/C33H33N3O/c1-24-18-20-36-31(23-35-32(36)21-24)30(28-16-10-9-11-25(28)2)22-33(37)34-19-17-29(26-12-5-3-6-13-26)27-14-7-4-8-15-27/h3-16,18,20-21,23,29-30H,17,19,22H2,1-2H3,(H,34,37). The van der Waals surface area contributed by atoms with Crippen molar-refractivity contribution in [2.45, 2.75) is 38.5 Å². The second-order valence-electron chi connectivity index (χ2n) is 9.74. The molecule has 2 heterocycles. The Morgan fingerprint density at radius 1 is 0.838 bits per heavy atom. The Balaban J connectivity index is 1.34. The molecular weight excluding hydrogens is 454 g/mol. The zero-order valence-electron chi connectivity index (χ0n) is 21.5. The number of aryl methyl sites for hydroxylation is 2. The summed E-state index contributed by atoms with van der Waals surface area (Å²) < 4.78 is 2.11. The topological polar surface area (TPSA) is 46.4 Å². The van der Waals surface area contributed by atoms with E-state index in [1.54, 1.807) is 0 Å². The third kappa shape index (κ3) is 5.64. The van der Waals surface area contributed by atoms with E-state index in [0.717, 1.165) is 23.3 Å². The summed E-state index contributed by atoms with van der Waals surface area (Å²) in [6.45, 7) is 4.79. The number of aromatic nitrogens is 2. The van der Waals surface area contributed by atoms with E-state index in [4.69, 9.17) is 0 Å². The summed E-state index contributed by atoms with van der Waals surface area (Å²) >= 11 is 0. The third-order valence-electron chi connectivity index (χ3n) is 7.17. The minimum absolute atomic E-state index is 0.0511. The van der Waals surface area contributed by atoms with Crippen molar-refractivity contribution in [3.8, 4) is 0 Å². The van der Waals surface area contributed by atoms with Gasteiger partial charge in [-0.15, -0.1) is 0 Å². The fourth-order valence-electron chi connectivity index (χ4n) is 5.22. The summed E-state index contributed by atoms with van der Waals surface area (Å²) in [4.78, 5) is 18.0. The van der Waals surface area contributed by atoms with Gasteiger partial charge in [0.1, 0.15) is 5.65 Å². The van der Waals surface area contributed by atoms with Gasteiger partial charge in [-0.1, -0.05) is 84.9 Å². The molecule has 0 fully saturated rings. The summed E-state index contributed by atoms with van der Waals surface area (Å²) in [6.07, 6.45) is 5.18. The maximum absolute atomic E-state index is 13.3. The van der Waals surface area contributed by atoms with E-state index in [1.807, 2.05) is 30.5 Å². The minimum atomic E-state index is -0.0852. The Morgan fingerprint density at radius 2 is 1.49 bits per heavy atom. The number of rotatable bonds is 9. The molecule has 4 nitrogen and oxygen atoms in total. The smallest absolute Gasteiger partial charge is 0.221 e. The van der Waals surface area contributed by atoms with Gasteiger partial charge in [0.15, 0.2) is 0 Å². The molecule has 1 amide bonds. The summed E-state index contributed by atoms with van der Waals surface area (Å²) in [5.74, 6) is 0.199. The van der Waals surface area contributed by atoms with Gasteiger partial charge < -0.3 is 9.72 Å². The molecule has 1 N–H and O–H groups in total. The highest BCUT2D eigenvalue weighted by atomic mass is 16.1. The first-order valence-electron chi connectivity index (χ1n) is 13.0. The number of nitrogens with zero attached hydrogens (tertiary/aromatic N) is 2. The molecule has 2 aromatic heterocycles. The van der Waals surface area contributed by atoms with E-state index >= 15 is 0 Å². The van der Waals surface area contributed by atoms with Crippen LogP contribution in [0.5, 0.6) is 0 Å². The molecule has 0 saturated carbocycles. The average molecular weight is 488 g/mol. The number of hydrogen-bond acceptors (Lipinski definition) is 2. The maximum Gasteiger partial charge on any atom is 0.221 e. The van der Waals surface area contributed by atoms with Gasteiger partial charge in [-0.25, -0.2) is 4.98 Å². The van der Waals surface area contributed by atoms with Crippen molar-refractivity contribution >= 4 is 11.6 Å². The molecule has 1 unspecified atom stereocenters. The maximum atomic E-state index is 13.3. The van der Waals surface area contributed by atoms with E-state index in [2.05, 4.69) is 108 Å². The molecule has 0 aliphatic carbocycles. The molecule has 0 saturated heterocycles. The fourth-order valence-corrected chi connectivity index (χ4v) is 5.22. The highest BCUT2D eigenvalue weighted by Crippen LogP contribution is 2.31. The Kier molecular flexibility index (Phi) is 7.46. The van der Waals surface area contributed by atoms with Crippen LogP contribution >= 0.6 is 0 Å². The van der Waals surface area contributed by atoms with Gasteiger partial charge in [0.25, 0.3) is 0 Å². The SMILES string of the molecule is Cc1ccn2c(C(CC(=O)NCCC(c3ccccc3)c3ccccc3)c3ccccc3C)cnc2c1. The minimum Gasteiger partial charge on any atom is -0.356 e. The van der Waals surface area contributed by atoms with Crippen LogP contribution in [0.3, 0.4) is 0 Å². The number of imidazole rings is 1. The van der Waals surface area contributed by atoms with Crippen LogP contribution in [0, 0.1) is 13.8 Å². The fraction of sp³-hybridized carbons (Fsp3) is 0.212. The van der Waals surface area contributed by atoms with Crippen molar-refractivity contribution in [3.05, 3.63) is 143 Å². The molecule has 3 aromatic carbocycles. The van der Waals surface area contributed by atoms with E-state index < -0.39 is 0 Å². The highest BCUT2D eigenvalue weighted by Gasteiger charge is 2.23. The number of fused-ring (bicyclic) bond motifs is 1. The van der Waals surface area contributed by atoms with Gasteiger partial charge in [-0.05, 0) is 60.2 Å². The lowest BCUT2D eigenvalue weighted by molar-refractivity contribution is -0.121. The van der Waals surface area contributed by atoms with Gasteiger partial charge in [-0.2, -0.15) is 0 Å². The molecule has 0 aliphatic heterocycles. The Bertz CT molecular complexity index is 1430. The van der Waals surface area contributed by atoms with Crippen molar-refractivity contribution in [1.82, 2.24) is 14.7 Å². The average Bonchev–Trinajstić information content (AvgIpc) is 3.34. The first kappa shape index (κ1) is 24.5. The van der Waals surface area contributed by atoms with Crippen LogP contribution in [0.2, 0.25) is 0 Å². The van der Waals surface area contributed by atoms with Crippen molar-refractivity contribution in [3.63, 3.8) is 0 Å². The zero-order chi connectivity index (χ0) is 25.6. The predicted octanol–water partition coefficient (Wildman–Crippen LogP) is 6.81. The monoisotopic (exact) mass is 487 g/mol. The molecule has 0 spiro atoms. The molecule has 37 heavy (non-hydrogen) atoms. The van der Waals surface area contributed by atoms with Crippen LogP contribution in [-0.2, 0) is 4.79 Å². The molecular formula is C33H33N3O. The molecule has 0 aliphatic rings. The number of amides is 1. The predicted molar refractivity (Wildman–Crippen MR) is 150 cm³/mol. The van der Waals surface area contributed by atoms with Crippen LogP contribution in [0.25, 0.3) is 5.65 Å². The number of carbonyl (C=O) groups excluding carboxylic acids is 1. The normalized spacial score (nSPS) is 12.1. The van der Waals surface area contributed by atoms with E-state index in [1.165, 1.54) is 22.3 Å². The van der Waals surface area contributed by atoms with Crippen LogP contribution in [0.4, 0.5) is 0 Å². The molecule has 0 radical (unpaired) electrons. The molecule has 1 atom stereocenters. The van der Waals surface area contributed by atoms with Crippen LogP contribution in [-0.4, -0.2) is 21.8 Å². The van der Waals surface area contributed by atoms with E-state index in [9.17, 15) is 4.79 Å². The number of carbonyl (C=O) groups is 1. The van der Waals surface area contributed by atoms with Crippen molar-refractivity contribution in [2.24, 2.45) is 0 Å². The Morgan fingerprint density at radius 3 is 2.16 bits per heavy atom. The molecule has 0 bridgehead atoms. The molecule has 4 heteroatoms. The molecule has 186 valence electrons. The van der Waals surface area contributed by atoms with E-state index in [0.29, 0.717) is 13.0 Å². The summed E-state index contributed by atoms with van der Waals surface area (Å²) in [5.41, 5.74) is 7.97. The van der Waals surface area contributed by atoms with Gasteiger partial charge >= 0.3 is 0 Å². The number of hydrogen-bond donors (Lipinski definition) is 1. The first-order chi connectivity index (χ1) is 18.1. The van der Waals surface area contributed by atoms with Gasteiger partial charge in [0, 0.05) is 37.2 Å². The van der Waals surface area contributed by atoms with Crippen molar-refractivity contribution < 1.29 is 4.79 Å². The van der Waals surface area contributed by atoms with Crippen LogP contribution in [0.1, 0.15) is 58.2 Å². The van der Waals surface area contributed by atoms with Crippen LogP contribution in [0.15, 0.2) is 109 Å². The van der Waals surface area contributed by atoms with Gasteiger partial charge in [0.05, 0.1) is 5.69 Å². The number of pyridine rings is 1. The quantitative estimate of drug-likeness (QED) is 0.248. The lowest BCUT2D eigenvalue weighted by Gasteiger charge is -2.21. The largest absolute Gasteiger partial charge is 0.356 e. The van der Waals surface area contributed by atoms with Crippen LogP contribution < -0.4 is 5.32 Å². The summed E-state index contributed by atoms with van der Waals surface area (Å²) in [7, 11) is 0. The lowest BCUT2D eigenvalue weighted by atomic mass is 9.88. The lowest BCUT2D eigenvalue weighted by Crippen LogP contribution is -2.28. The number of nitrogens with one attached hydrogen (secondary N) is 1. The van der Waals surface area contributed by atoms with Gasteiger partial charge in [-0.3, -0.25) is 4.79 Å². The Hall–Kier alpha value is -4.18. The Labute approximate surface area is 219 Å². The summed E-state index contributed by atoms with van der Waals surface area (Å²) in [5, 5.41) is 3.22. The summed E-state index contributed by atoms with van der Waals surface area (Å²) in [6, 6.07) is 33.5. The molecule has 5 aromatic rings. The first-order valence-corrected chi connectivity index (χ1v) is 13.0. The van der Waals surface area contributed by atoms with Crippen molar-refractivity contribution in [1.29, 1.82) is 0 Å². The zero-order valence-corrected chi connectivity index (χ0v) is 21.5. The second-order valence-corrected chi connectivity index (χ2v) is 9.74.